The van der Waals surface area contributed by atoms with Crippen LogP contribution in [0.4, 0.5) is 8.78 Å². The van der Waals surface area contributed by atoms with Gasteiger partial charge in [-0.2, -0.15) is 0 Å². The summed E-state index contributed by atoms with van der Waals surface area (Å²) in [7, 11) is -4.05. The van der Waals surface area contributed by atoms with Crippen molar-refractivity contribution >= 4 is 26.9 Å². The number of hydrogen-bond acceptors (Lipinski definition) is 3. The van der Waals surface area contributed by atoms with E-state index in [9.17, 15) is 22.0 Å². The summed E-state index contributed by atoms with van der Waals surface area (Å²) in [5.74, 6) is -4.35. The maximum atomic E-state index is 13.8. The molecule has 4 rings (SSSR count). The number of aryl methyl sites for hydroxylation is 1. The van der Waals surface area contributed by atoms with Crippen molar-refractivity contribution in [3.63, 3.8) is 0 Å². The van der Waals surface area contributed by atoms with Crippen molar-refractivity contribution in [1.82, 2.24) is 3.97 Å². The first kappa shape index (κ1) is 17.7. The molecule has 0 radical (unpaired) electrons. The molecule has 1 aromatic heterocycles. The van der Waals surface area contributed by atoms with Crippen LogP contribution in [0.2, 0.25) is 0 Å². The lowest BCUT2D eigenvalue weighted by Gasteiger charge is -2.08. The Morgan fingerprint density at radius 2 is 1.78 bits per heavy atom. The summed E-state index contributed by atoms with van der Waals surface area (Å²) in [5.41, 5.74) is 1.26. The van der Waals surface area contributed by atoms with Gasteiger partial charge in [0, 0.05) is 23.6 Å². The van der Waals surface area contributed by atoms with Gasteiger partial charge in [0.1, 0.15) is 0 Å². The van der Waals surface area contributed by atoms with E-state index in [1.165, 1.54) is 18.3 Å². The molecule has 1 aliphatic rings. The van der Waals surface area contributed by atoms with Crippen LogP contribution in [0.3, 0.4) is 0 Å². The highest BCUT2D eigenvalue weighted by molar-refractivity contribution is 7.90. The smallest absolute Gasteiger partial charge is 0.307 e. The normalized spacial score (nSPS) is 19.4. The summed E-state index contributed by atoms with van der Waals surface area (Å²) >= 11 is 0. The molecule has 2 aromatic carbocycles. The van der Waals surface area contributed by atoms with Crippen LogP contribution in [-0.4, -0.2) is 23.5 Å². The number of carboxylic acids is 1. The fraction of sp³-hybridized carbons (Fsp3) is 0.211. The van der Waals surface area contributed by atoms with Crippen LogP contribution < -0.4 is 0 Å². The largest absolute Gasteiger partial charge is 0.481 e. The van der Waals surface area contributed by atoms with Gasteiger partial charge >= 0.3 is 5.97 Å². The lowest BCUT2D eigenvalue weighted by molar-refractivity contribution is -0.138. The zero-order valence-electron chi connectivity index (χ0n) is 14.2. The topological polar surface area (TPSA) is 76.4 Å². The van der Waals surface area contributed by atoms with Gasteiger partial charge in [-0.15, -0.1) is 0 Å². The van der Waals surface area contributed by atoms with E-state index in [1.807, 2.05) is 6.92 Å². The summed E-state index contributed by atoms with van der Waals surface area (Å²) in [6.45, 7) is 1.82. The van der Waals surface area contributed by atoms with Crippen molar-refractivity contribution in [3.8, 4) is 0 Å². The van der Waals surface area contributed by atoms with Gasteiger partial charge in [0.05, 0.1) is 16.3 Å². The molecule has 1 fully saturated rings. The van der Waals surface area contributed by atoms with Crippen molar-refractivity contribution in [2.24, 2.45) is 5.92 Å². The van der Waals surface area contributed by atoms with Crippen molar-refractivity contribution in [1.29, 1.82) is 0 Å². The SMILES string of the molecule is Cc1ccc(S(=O)(=O)n2cc(C3CC3C(=O)O)c3cc(F)c(F)cc32)cc1. The molecule has 2 atom stereocenters. The van der Waals surface area contributed by atoms with Crippen molar-refractivity contribution in [2.75, 3.05) is 0 Å². The van der Waals surface area contributed by atoms with E-state index in [1.54, 1.807) is 12.1 Å². The number of halogens is 2. The fourth-order valence-electron chi connectivity index (χ4n) is 3.35. The van der Waals surface area contributed by atoms with E-state index in [4.69, 9.17) is 5.11 Å². The number of benzene rings is 2. The van der Waals surface area contributed by atoms with E-state index >= 15 is 0 Å². The second kappa shape index (κ2) is 5.88. The summed E-state index contributed by atoms with van der Waals surface area (Å²) in [4.78, 5) is 11.2. The third kappa shape index (κ3) is 2.80. The van der Waals surface area contributed by atoms with Gasteiger partial charge in [0.15, 0.2) is 11.6 Å². The third-order valence-corrected chi connectivity index (χ3v) is 6.62. The van der Waals surface area contributed by atoms with Gasteiger partial charge < -0.3 is 5.11 Å². The molecule has 2 unspecified atom stereocenters. The first-order valence-electron chi connectivity index (χ1n) is 8.25. The molecule has 0 amide bonds. The van der Waals surface area contributed by atoms with Crippen molar-refractivity contribution in [3.05, 3.63) is 65.4 Å². The maximum absolute atomic E-state index is 13.8. The summed E-state index contributed by atoms with van der Waals surface area (Å²) < 4.78 is 54.6. The number of fused-ring (bicyclic) bond motifs is 1. The molecular weight excluding hydrogens is 376 g/mol. The second-order valence-electron chi connectivity index (χ2n) is 6.77. The third-order valence-electron chi connectivity index (χ3n) is 4.93. The molecule has 1 aliphatic carbocycles. The number of nitrogens with zero attached hydrogens (tertiary/aromatic N) is 1. The van der Waals surface area contributed by atoms with Gasteiger partial charge in [0.2, 0.25) is 0 Å². The predicted molar refractivity (Wildman–Crippen MR) is 94.1 cm³/mol. The predicted octanol–water partition coefficient (Wildman–Crippen LogP) is 3.65. The lowest BCUT2D eigenvalue weighted by Crippen LogP contribution is -2.12. The van der Waals surface area contributed by atoms with E-state index in [2.05, 4.69) is 0 Å². The Morgan fingerprint density at radius 3 is 2.37 bits per heavy atom. The summed E-state index contributed by atoms with van der Waals surface area (Å²) in [5, 5.41) is 9.37. The molecule has 5 nitrogen and oxygen atoms in total. The molecule has 1 N–H and O–H groups in total. The molecule has 1 saturated carbocycles. The van der Waals surface area contributed by atoms with Crippen LogP contribution in [0, 0.1) is 24.5 Å². The minimum Gasteiger partial charge on any atom is -0.481 e. The van der Waals surface area contributed by atoms with Crippen LogP contribution in [0.5, 0.6) is 0 Å². The number of carbonyl (C=O) groups is 1. The average Bonchev–Trinajstić information content (AvgIpc) is 3.32. The molecule has 3 aromatic rings. The Kier molecular flexibility index (Phi) is 3.85. The Balaban J connectivity index is 1.94. The highest BCUT2D eigenvalue weighted by atomic mass is 32.2. The minimum absolute atomic E-state index is 0.00636. The molecule has 1 heterocycles. The first-order valence-corrected chi connectivity index (χ1v) is 9.69. The average molecular weight is 391 g/mol. The van der Waals surface area contributed by atoms with Gasteiger partial charge in [-0.05, 0) is 37.1 Å². The number of carboxylic acid groups (broad SMARTS) is 1. The molecule has 27 heavy (non-hydrogen) atoms. The zero-order valence-corrected chi connectivity index (χ0v) is 15.0. The molecule has 140 valence electrons. The Labute approximate surface area is 153 Å². The van der Waals surface area contributed by atoms with Crippen LogP contribution >= 0.6 is 0 Å². The monoisotopic (exact) mass is 391 g/mol. The highest BCUT2D eigenvalue weighted by Gasteiger charge is 2.46. The fourth-order valence-corrected chi connectivity index (χ4v) is 4.71. The first-order chi connectivity index (χ1) is 12.7. The summed E-state index contributed by atoms with van der Waals surface area (Å²) in [6.07, 6.45) is 1.62. The van der Waals surface area contributed by atoms with Crippen molar-refractivity contribution in [2.45, 2.75) is 24.2 Å². The summed E-state index contributed by atoms with van der Waals surface area (Å²) in [6, 6.07) is 7.92. The molecule has 0 aliphatic heterocycles. The quantitative estimate of drug-likeness (QED) is 0.737. The van der Waals surface area contributed by atoms with Crippen LogP contribution in [0.25, 0.3) is 10.9 Å². The maximum Gasteiger partial charge on any atom is 0.307 e. The second-order valence-corrected chi connectivity index (χ2v) is 8.58. The van der Waals surface area contributed by atoms with Crippen LogP contribution in [0.15, 0.2) is 47.5 Å². The van der Waals surface area contributed by atoms with E-state index in [0.29, 0.717) is 12.0 Å². The highest BCUT2D eigenvalue weighted by Crippen LogP contribution is 2.50. The Hall–Kier alpha value is -2.74. The number of aliphatic carboxylic acids is 1. The van der Waals surface area contributed by atoms with E-state index in [-0.39, 0.29) is 15.8 Å². The Morgan fingerprint density at radius 1 is 1.15 bits per heavy atom. The zero-order chi connectivity index (χ0) is 19.5. The van der Waals surface area contributed by atoms with Gasteiger partial charge in [-0.1, -0.05) is 17.7 Å². The molecule has 0 saturated heterocycles. The Bertz CT molecular complexity index is 1180. The van der Waals surface area contributed by atoms with Crippen LogP contribution in [-0.2, 0) is 14.8 Å². The van der Waals surface area contributed by atoms with Gasteiger partial charge in [-0.25, -0.2) is 21.2 Å². The van der Waals surface area contributed by atoms with E-state index < -0.39 is 39.5 Å². The minimum atomic E-state index is -4.05. The lowest BCUT2D eigenvalue weighted by atomic mass is 10.1. The number of hydrogen-bond donors (Lipinski definition) is 1. The van der Waals surface area contributed by atoms with Crippen molar-refractivity contribution < 1.29 is 27.1 Å². The number of aromatic nitrogens is 1. The number of rotatable bonds is 4. The van der Waals surface area contributed by atoms with Crippen LogP contribution in [0.1, 0.15) is 23.5 Å². The standard InChI is InChI=1S/C19H15F2NO4S/c1-10-2-4-11(5-3-10)27(25,26)22-9-15(12-6-14(12)19(23)24)13-7-16(20)17(21)8-18(13)22/h2-5,7-9,12,14H,6H2,1H3,(H,23,24). The molecule has 0 spiro atoms. The van der Waals surface area contributed by atoms with E-state index in [0.717, 1.165) is 21.7 Å². The van der Waals surface area contributed by atoms with Gasteiger partial charge in [0.25, 0.3) is 10.0 Å². The van der Waals surface area contributed by atoms with Gasteiger partial charge in [-0.3, -0.25) is 4.79 Å². The molecular formula is C19H15F2NO4S. The molecule has 0 bridgehead atoms. The molecule has 8 heteroatoms.